The molecule has 0 fully saturated rings. The fourth-order valence-electron chi connectivity index (χ4n) is 0.825. The predicted molar refractivity (Wildman–Crippen MR) is 58.5 cm³/mol. The number of benzene rings is 1. The van der Waals surface area contributed by atoms with E-state index in [4.69, 9.17) is 0 Å². The topological polar surface area (TPSA) is 58.5 Å². The summed E-state index contributed by atoms with van der Waals surface area (Å²) in [7, 11) is 0. The molecule has 0 aliphatic rings. The number of amides is 1. The molecule has 1 rings (SSSR count). The van der Waals surface area contributed by atoms with E-state index in [2.05, 4.69) is 33.1 Å². The van der Waals surface area contributed by atoms with Crippen LogP contribution < -0.4 is 5.32 Å². The summed E-state index contributed by atoms with van der Waals surface area (Å²) < 4.78 is 1.02. The van der Waals surface area contributed by atoms with Crippen LogP contribution in [0.3, 0.4) is 0 Å². The van der Waals surface area contributed by atoms with Gasteiger partial charge in [-0.15, -0.1) is 0 Å². The number of hydrogen-bond donors (Lipinski definition) is 1. The number of halogens is 1. The maximum Gasteiger partial charge on any atom is 0.249 e. The van der Waals surface area contributed by atoms with Gasteiger partial charge in [0.2, 0.25) is 5.91 Å². The first-order chi connectivity index (χ1) is 6.22. The van der Waals surface area contributed by atoms with Crippen LogP contribution in [0.4, 0.5) is 5.69 Å². The number of nitroso groups, excluding NO2 is 1. The first-order valence-corrected chi connectivity index (χ1v) is 4.65. The van der Waals surface area contributed by atoms with Gasteiger partial charge in [0, 0.05) is 9.26 Å². The summed E-state index contributed by atoms with van der Waals surface area (Å²) in [4.78, 5) is 20.7. The number of carbonyl (C=O) groups excluding carboxylic acids is 1. The number of carbonyl (C=O) groups is 1. The molecule has 1 aromatic carbocycles. The van der Waals surface area contributed by atoms with E-state index in [9.17, 15) is 9.70 Å². The molecule has 1 aromatic rings. The SMILES string of the molecule is O=NCC(=O)Nc1cccc(I)c1. The maximum absolute atomic E-state index is 10.9. The molecule has 0 heterocycles. The summed E-state index contributed by atoms with van der Waals surface area (Å²) in [5.41, 5.74) is 0.681. The highest BCUT2D eigenvalue weighted by molar-refractivity contribution is 14.1. The Labute approximate surface area is 88.8 Å². The van der Waals surface area contributed by atoms with Crippen molar-refractivity contribution in [2.24, 2.45) is 5.18 Å². The van der Waals surface area contributed by atoms with E-state index in [0.29, 0.717) is 5.69 Å². The van der Waals surface area contributed by atoms with Crippen molar-refractivity contribution in [1.29, 1.82) is 0 Å². The molecule has 0 atom stereocenters. The smallest absolute Gasteiger partial charge is 0.249 e. The zero-order valence-electron chi connectivity index (χ0n) is 6.66. The van der Waals surface area contributed by atoms with E-state index >= 15 is 0 Å². The van der Waals surface area contributed by atoms with Gasteiger partial charge in [-0.25, -0.2) is 0 Å². The first-order valence-electron chi connectivity index (χ1n) is 3.57. The van der Waals surface area contributed by atoms with Crippen LogP contribution in [0, 0.1) is 8.48 Å². The van der Waals surface area contributed by atoms with Gasteiger partial charge in [0.15, 0.2) is 6.54 Å². The van der Waals surface area contributed by atoms with E-state index in [1.165, 1.54) is 0 Å². The molecule has 1 amide bonds. The van der Waals surface area contributed by atoms with E-state index in [-0.39, 0.29) is 6.54 Å². The van der Waals surface area contributed by atoms with Gasteiger partial charge in [0.1, 0.15) is 0 Å². The zero-order chi connectivity index (χ0) is 9.68. The molecule has 4 nitrogen and oxygen atoms in total. The van der Waals surface area contributed by atoms with Gasteiger partial charge in [-0.3, -0.25) is 4.79 Å². The van der Waals surface area contributed by atoms with Crippen LogP contribution in [-0.2, 0) is 4.79 Å². The van der Waals surface area contributed by atoms with Crippen molar-refractivity contribution >= 4 is 34.2 Å². The Morgan fingerprint density at radius 2 is 2.31 bits per heavy atom. The molecule has 1 N–H and O–H groups in total. The number of nitrogens with one attached hydrogen (secondary N) is 1. The Hall–Kier alpha value is -0.980. The summed E-state index contributed by atoms with van der Waals surface area (Å²) in [6.45, 7) is -0.342. The highest BCUT2D eigenvalue weighted by Gasteiger charge is 2.00. The lowest BCUT2D eigenvalue weighted by molar-refractivity contribution is -0.114. The minimum Gasteiger partial charge on any atom is -0.324 e. The Morgan fingerprint density at radius 3 is 2.92 bits per heavy atom. The van der Waals surface area contributed by atoms with Gasteiger partial charge in [0.25, 0.3) is 0 Å². The van der Waals surface area contributed by atoms with Gasteiger partial charge < -0.3 is 5.32 Å². The third kappa shape index (κ3) is 3.49. The standard InChI is InChI=1S/C8H7IN2O2/c9-6-2-1-3-7(4-6)11-8(12)5-10-13/h1-4H,5H2,(H,11,12). The fraction of sp³-hybridized carbons (Fsp3) is 0.125. The van der Waals surface area contributed by atoms with Crippen molar-refractivity contribution in [3.63, 3.8) is 0 Å². The van der Waals surface area contributed by atoms with E-state index < -0.39 is 5.91 Å². The summed E-state index contributed by atoms with van der Waals surface area (Å²) >= 11 is 2.14. The van der Waals surface area contributed by atoms with Crippen LogP contribution in [0.5, 0.6) is 0 Å². The molecule has 0 aliphatic heterocycles. The average molecular weight is 290 g/mol. The van der Waals surface area contributed by atoms with Gasteiger partial charge in [-0.2, -0.15) is 4.91 Å². The van der Waals surface area contributed by atoms with E-state index in [1.807, 2.05) is 18.2 Å². The van der Waals surface area contributed by atoms with Gasteiger partial charge in [-0.1, -0.05) is 11.2 Å². The monoisotopic (exact) mass is 290 g/mol. The van der Waals surface area contributed by atoms with Crippen molar-refractivity contribution in [3.8, 4) is 0 Å². The van der Waals surface area contributed by atoms with Gasteiger partial charge in [-0.05, 0) is 40.8 Å². The van der Waals surface area contributed by atoms with E-state index in [0.717, 1.165) is 3.57 Å². The summed E-state index contributed by atoms with van der Waals surface area (Å²) in [6.07, 6.45) is 0. The number of rotatable bonds is 3. The van der Waals surface area contributed by atoms with Crippen LogP contribution in [-0.4, -0.2) is 12.5 Å². The molecule has 0 unspecified atom stereocenters. The van der Waals surface area contributed by atoms with Crippen molar-refractivity contribution in [2.45, 2.75) is 0 Å². The van der Waals surface area contributed by atoms with E-state index in [1.54, 1.807) is 6.07 Å². The van der Waals surface area contributed by atoms with Crippen LogP contribution >= 0.6 is 22.6 Å². The molecule has 0 spiro atoms. The molecular weight excluding hydrogens is 283 g/mol. The summed E-state index contributed by atoms with van der Waals surface area (Å²) in [5.74, 6) is -0.392. The summed E-state index contributed by atoms with van der Waals surface area (Å²) in [5, 5.41) is 5.04. The van der Waals surface area contributed by atoms with Crippen molar-refractivity contribution in [2.75, 3.05) is 11.9 Å². The molecule has 0 aromatic heterocycles. The largest absolute Gasteiger partial charge is 0.324 e. The van der Waals surface area contributed by atoms with Crippen LogP contribution in [0.1, 0.15) is 0 Å². The molecule has 0 aliphatic carbocycles. The number of nitrogens with zero attached hydrogens (tertiary/aromatic N) is 1. The minimum absolute atomic E-state index is 0.342. The fourth-order valence-corrected chi connectivity index (χ4v) is 1.37. The minimum atomic E-state index is -0.392. The van der Waals surface area contributed by atoms with Gasteiger partial charge >= 0.3 is 0 Å². The van der Waals surface area contributed by atoms with Crippen molar-refractivity contribution in [3.05, 3.63) is 32.7 Å². The lowest BCUT2D eigenvalue weighted by atomic mass is 10.3. The normalized spacial score (nSPS) is 9.31. The highest BCUT2D eigenvalue weighted by Crippen LogP contribution is 2.11. The van der Waals surface area contributed by atoms with Crippen molar-refractivity contribution in [1.82, 2.24) is 0 Å². The molecule has 0 radical (unpaired) electrons. The zero-order valence-corrected chi connectivity index (χ0v) is 8.82. The second-order valence-electron chi connectivity index (χ2n) is 2.35. The van der Waals surface area contributed by atoms with Crippen molar-refractivity contribution < 1.29 is 4.79 Å². The first kappa shape index (κ1) is 10.1. The Morgan fingerprint density at radius 1 is 1.54 bits per heavy atom. The molecule has 5 heteroatoms. The lowest BCUT2D eigenvalue weighted by Crippen LogP contribution is -2.14. The molecular formula is C8H7IN2O2. The van der Waals surface area contributed by atoms with Crippen LogP contribution in [0.2, 0.25) is 0 Å². The number of hydrogen-bond acceptors (Lipinski definition) is 3. The molecule has 68 valence electrons. The molecule has 0 saturated carbocycles. The second kappa shape index (κ2) is 4.90. The lowest BCUT2D eigenvalue weighted by Gasteiger charge is -2.01. The van der Waals surface area contributed by atoms with Crippen LogP contribution in [0.25, 0.3) is 0 Å². The quantitative estimate of drug-likeness (QED) is 0.683. The molecule has 0 bridgehead atoms. The Balaban J connectivity index is 2.63. The molecule has 13 heavy (non-hydrogen) atoms. The Bertz CT molecular complexity index is 328. The summed E-state index contributed by atoms with van der Waals surface area (Å²) in [6, 6.07) is 7.30. The van der Waals surface area contributed by atoms with Crippen LogP contribution in [0.15, 0.2) is 29.4 Å². The third-order valence-corrected chi connectivity index (χ3v) is 1.99. The second-order valence-corrected chi connectivity index (χ2v) is 3.59. The molecule has 0 saturated heterocycles. The third-order valence-electron chi connectivity index (χ3n) is 1.32. The number of anilines is 1. The highest BCUT2D eigenvalue weighted by atomic mass is 127. The maximum atomic E-state index is 10.9. The van der Waals surface area contributed by atoms with Gasteiger partial charge in [0.05, 0.1) is 0 Å². The Kier molecular flexibility index (Phi) is 3.81. The average Bonchev–Trinajstić information content (AvgIpc) is 2.04. The predicted octanol–water partition coefficient (Wildman–Crippen LogP) is 2.00.